The minimum Gasteiger partial charge on any atom is -0.388 e. The van der Waals surface area contributed by atoms with Crippen LogP contribution in [0.2, 0.25) is 0 Å². The molecule has 0 spiro atoms. The molecule has 0 aromatic heterocycles. The highest BCUT2D eigenvalue weighted by Crippen LogP contribution is 2.40. The molecule has 0 aliphatic heterocycles. The first kappa shape index (κ1) is 15.5. The first-order valence-corrected chi connectivity index (χ1v) is 6.64. The highest BCUT2D eigenvalue weighted by atomic mass is 35.5. The molecule has 3 atom stereocenters. The molecular formula is C15H22ClFO. The number of aliphatic hydroxyl groups excluding tert-OH is 1. The van der Waals surface area contributed by atoms with Gasteiger partial charge in [0.25, 0.3) is 0 Å². The zero-order chi connectivity index (χ0) is 12.3. The Bertz CT molecular complexity index is 369. The third kappa shape index (κ3) is 3.69. The van der Waals surface area contributed by atoms with E-state index in [-0.39, 0.29) is 18.2 Å². The third-order valence-electron chi connectivity index (χ3n) is 3.92. The van der Waals surface area contributed by atoms with Crippen LogP contribution in [0.1, 0.15) is 50.7 Å². The van der Waals surface area contributed by atoms with Crippen LogP contribution in [-0.4, -0.2) is 5.11 Å². The molecule has 1 aliphatic carbocycles. The van der Waals surface area contributed by atoms with Crippen LogP contribution in [-0.2, 0) is 0 Å². The van der Waals surface area contributed by atoms with Crippen LogP contribution in [0.4, 0.5) is 4.39 Å². The minimum atomic E-state index is -0.493. The summed E-state index contributed by atoms with van der Waals surface area (Å²) < 4.78 is 13.1. The van der Waals surface area contributed by atoms with Crippen molar-refractivity contribution in [3.8, 4) is 0 Å². The topological polar surface area (TPSA) is 20.2 Å². The SMILES string of the molecule is CCC[C@@H]1CC[C@H]([C@@H](O)c2cccc(F)c2)C1.Cl. The molecule has 0 amide bonds. The van der Waals surface area contributed by atoms with Crippen LogP contribution in [0.15, 0.2) is 24.3 Å². The summed E-state index contributed by atoms with van der Waals surface area (Å²) in [6.07, 6.45) is 5.35. The van der Waals surface area contributed by atoms with Crippen molar-refractivity contribution in [3.63, 3.8) is 0 Å². The van der Waals surface area contributed by atoms with Crippen molar-refractivity contribution in [2.45, 2.75) is 45.1 Å². The molecule has 2 rings (SSSR count). The van der Waals surface area contributed by atoms with Gasteiger partial charge in [0.15, 0.2) is 0 Å². The van der Waals surface area contributed by atoms with Crippen LogP contribution in [0, 0.1) is 17.7 Å². The van der Waals surface area contributed by atoms with Gasteiger partial charge < -0.3 is 5.11 Å². The predicted octanol–water partition coefficient (Wildman–Crippen LogP) is 4.50. The Balaban J connectivity index is 0.00000162. The maximum Gasteiger partial charge on any atom is 0.123 e. The quantitative estimate of drug-likeness (QED) is 0.856. The molecule has 1 nitrogen and oxygen atoms in total. The Morgan fingerprint density at radius 2 is 2.17 bits per heavy atom. The van der Waals surface area contributed by atoms with Gasteiger partial charge in [-0.25, -0.2) is 4.39 Å². The molecular weight excluding hydrogens is 251 g/mol. The lowest BCUT2D eigenvalue weighted by molar-refractivity contribution is 0.108. The maximum atomic E-state index is 13.1. The van der Waals surface area contributed by atoms with E-state index in [9.17, 15) is 9.50 Å². The summed E-state index contributed by atoms with van der Waals surface area (Å²) in [6, 6.07) is 6.37. The summed E-state index contributed by atoms with van der Waals surface area (Å²) in [5.74, 6) is 0.811. The number of hydrogen-bond donors (Lipinski definition) is 1. The number of rotatable bonds is 4. The van der Waals surface area contributed by atoms with Crippen molar-refractivity contribution in [3.05, 3.63) is 35.6 Å². The average molecular weight is 273 g/mol. The van der Waals surface area contributed by atoms with Crippen LogP contribution in [0.5, 0.6) is 0 Å². The number of aliphatic hydroxyl groups is 1. The second-order valence-corrected chi connectivity index (χ2v) is 5.23. The summed E-state index contributed by atoms with van der Waals surface area (Å²) in [7, 11) is 0. The Labute approximate surface area is 115 Å². The molecule has 0 heterocycles. The van der Waals surface area contributed by atoms with Crippen LogP contribution >= 0.6 is 12.4 Å². The normalized spacial score (nSPS) is 24.6. The second kappa shape index (κ2) is 7.10. The Kier molecular flexibility index (Phi) is 6.10. The van der Waals surface area contributed by atoms with Gasteiger partial charge in [-0.1, -0.05) is 38.3 Å². The molecule has 1 aromatic carbocycles. The Morgan fingerprint density at radius 1 is 1.39 bits per heavy atom. The molecule has 1 N–H and O–H groups in total. The molecule has 0 radical (unpaired) electrons. The zero-order valence-corrected chi connectivity index (χ0v) is 11.6. The lowest BCUT2D eigenvalue weighted by Crippen LogP contribution is -2.10. The zero-order valence-electron chi connectivity index (χ0n) is 10.8. The standard InChI is InChI=1S/C15H21FO.ClH/c1-2-4-11-7-8-13(9-11)15(17)12-5-3-6-14(16)10-12;/h3,5-6,10-11,13,15,17H,2,4,7-9H2,1H3;1H/t11-,13+,15+;/m1./s1. The monoisotopic (exact) mass is 272 g/mol. The number of halogens is 2. The van der Waals surface area contributed by atoms with E-state index in [1.54, 1.807) is 6.07 Å². The van der Waals surface area contributed by atoms with Crippen molar-refractivity contribution >= 4 is 12.4 Å². The fourth-order valence-electron chi connectivity index (χ4n) is 3.03. The number of hydrogen-bond acceptors (Lipinski definition) is 1. The van der Waals surface area contributed by atoms with Crippen LogP contribution in [0.3, 0.4) is 0 Å². The fourth-order valence-corrected chi connectivity index (χ4v) is 3.03. The van der Waals surface area contributed by atoms with Crippen molar-refractivity contribution in [1.82, 2.24) is 0 Å². The Morgan fingerprint density at radius 3 is 2.83 bits per heavy atom. The van der Waals surface area contributed by atoms with E-state index < -0.39 is 6.10 Å². The van der Waals surface area contributed by atoms with Gasteiger partial charge in [-0.3, -0.25) is 0 Å². The summed E-state index contributed by atoms with van der Waals surface area (Å²) in [6.45, 7) is 2.20. The predicted molar refractivity (Wildman–Crippen MR) is 74.3 cm³/mol. The van der Waals surface area contributed by atoms with Gasteiger partial charge in [0.2, 0.25) is 0 Å². The third-order valence-corrected chi connectivity index (χ3v) is 3.92. The minimum absolute atomic E-state index is 0. The number of benzene rings is 1. The lowest BCUT2D eigenvalue weighted by Gasteiger charge is -2.18. The molecule has 1 saturated carbocycles. The van der Waals surface area contributed by atoms with Gasteiger partial charge >= 0.3 is 0 Å². The molecule has 3 heteroatoms. The summed E-state index contributed by atoms with van der Waals surface area (Å²) in [5, 5.41) is 10.3. The first-order chi connectivity index (χ1) is 8.20. The molecule has 1 fully saturated rings. The van der Waals surface area contributed by atoms with Crippen molar-refractivity contribution < 1.29 is 9.50 Å². The summed E-state index contributed by atoms with van der Waals surface area (Å²) >= 11 is 0. The maximum absolute atomic E-state index is 13.1. The first-order valence-electron chi connectivity index (χ1n) is 6.64. The molecule has 0 saturated heterocycles. The van der Waals surface area contributed by atoms with E-state index in [1.807, 2.05) is 6.07 Å². The molecule has 0 unspecified atom stereocenters. The van der Waals surface area contributed by atoms with Crippen LogP contribution in [0.25, 0.3) is 0 Å². The molecule has 102 valence electrons. The highest BCUT2D eigenvalue weighted by Gasteiger charge is 2.30. The smallest absolute Gasteiger partial charge is 0.123 e. The van der Waals surface area contributed by atoms with E-state index in [1.165, 1.54) is 31.4 Å². The highest BCUT2D eigenvalue weighted by molar-refractivity contribution is 5.85. The van der Waals surface area contributed by atoms with E-state index >= 15 is 0 Å². The van der Waals surface area contributed by atoms with E-state index in [0.717, 1.165) is 24.3 Å². The second-order valence-electron chi connectivity index (χ2n) is 5.23. The van der Waals surface area contributed by atoms with Gasteiger partial charge in [-0.05, 0) is 42.4 Å². The van der Waals surface area contributed by atoms with Crippen molar-refractivity contribution in [2.24, 2.45) is 11.8 Å². The van der Waals surface area contributed by atoms with Crippen molar-refractivity contribution in [2.75, 3.05) is 0 Å². The fraction of sp³-hybridized carbons (Fsp3) is 0.600. The van der Waals surface area contributed by atoms with E-state index in [0.29, 0.717) is 5.92 Å². The van der Waals surface area contributed by atoms with E-state index in [2.05, 4.69) is 6.92 Å². The van der Waals surface area contributed by atoms with E-state index in [4.69, 9.17) is 0 Å². The lowest BCUT2D eigenvalue weighted by atomic mass is 9.92. The molecule has 0 bridgehead atoms. The molecule has 1 aromatic rings. The average Bonchev–Trinajstić information content (AvgIpc) is 2.77. The molecule has 18 heavy (non-hydrogen) atoms. The van der Waals surface area contributed by atoms with Gasteiger partial charge in [0.05, 0.1) is 6.10 Å². The van der Waals surface area contributed by atoms with Gasteiger partial charge in [0.1, 0.15) is 5.82 Å². The summed E-state index contributed by atoms with van der Waals surface area (Å²) in [4.78, 5) is 0. The largest absolute Gasteiger partial charge is 0.388 e. The van der Waals surface area contributed by atoms with Gasteiger partial charge in [-0.15, -0.1) is 12.4 Å². The van der Waals surface area contributed by atoms with Gasteiger partial charge in [-0.2, -0.15) is 0 Å². The molecule has 1 aliphatic rings. The summed E-state index contributed by atoms with van der Waals surface area (Å²) in [5.41, 5.74) is 0.729. The van der Waals surface area contributed by atoms with Crippen LogP contribution < -0.4 is 0 Å². The Hall–Kier alpha value is -0.600. The van der Waals surface area contributed by atoms with Gasteiger partial charge in [0, 0.05) is 0 Å². The van der Waals surface area contributed by atoms with Crippen molar-refractivity contribution in [1.29, 1.82) is 0 Å².